The lowest BCUT2D eigenvalue weighted by Crippen LogP contribution is -2.25. The van der Waals surface area contributed by atoms with Crippen molar-refractivity contribution in [2.24, 2.45) is 0 Å². The van der Waals surface area contributed by atoms with E-state index >= 15 is 0 Å². The van der Waals surface area contributed by atoms with Gasteiger partial charge in [0.1, 0.15) is 9.88 Å². The molecule has 0 saturated heterocycles. The van der Waals surface area contributed by atoms with Crippen molar-refractivity contribution < 1.29 is 4.79 Å². The van der Waals surface area contributed by atoms with Gasteiger partial charge in [0.15, 0.2) is 0 Å². The molecule has 0 unspecified atom stereocenters. The summed E-state index contributed by atoms with van der Waals surface area (Å²) in [4.78, 5) is 21.7. The number of thiazole rings is 1. The molecule has 0 aromatic carbocycles. The average molecular weight is 369 g/mol. The molecule has 3 nitrogen and oxygen atoms in total. The van der Waals surface area contributed by atoms with E-state index in [1.807, 2.05) is 36.6 Å². The fourth-order valence-electron chi connectivity index (χ4n) is 2.02. The number of thiophene rings is 2. The zero-order chi connectivity index (χ0) is 15.7. The average Bonchev–Trinajstić information content (AvgIpc) is 3.19. The summed E-state index contributed by atoms with van der Waals surface area (Å²) in [5.41, 5.74) is 0.787. The van der Waals surface area contributed by atoms with E-state index in [-0.39, 0.29) is 5.91 Å². The zero-order valence-electron chi connectivity index (χ0n) is 12.0. The summed E-state index contributed by atoms with van der Waals surface area (Å²) in [6.07, 6.45) is 0. The molecule has 3 heterocycles. The van der Waals surface area contributed by atoms with Gasteiger partial charge in [0.05, 0.1) is 21.5 Å². The molecule has 3 aromatic rings. The smallest absolute Gasteiger partial charge is 0.265 e. The maximum absolute atomic E-state index is 12.6. The Labute approximate surface area is 145 Å². The summed E-state index contributed by atoms with van der Waals surface area (Å²) in [7, 11) is 1.81. The van der Waals surface area contributed by atoms with Crippen molar-refractivity contribution in [3.8, 4) is 9.88 Å². The number of nitrogens with zero attached hydrogens (tertiary/aromatic N) is 2. The van der Waals surface area contributed by atoms with E-state index < -0.39 is 0 Å². The van der Waals surface area contributed by atoms with Crippen LogP contribution in [0.1, 0.15) is 20.2 Å². The van der Waals surface area contributed by atoms with Crippen LogP contribution in [0.5, 0.6) is 0 Å². The molecule has 0 N–H and O–H groups in total. The highest BCUT2D eigenvalue weighted by atomic mass is 35.5. The van der Waals surface area contributed by atoms with Gasteiger partial charge in [0.25, 0.3) is 5.91 Å². The number of carbonyl (C=O) groups is 1. The molecular formula is C15H13ClN2OS3. The predicted molar refractivity (Wildman–Crippen MR) is 95.3 cm³/mol. The summed E-state index contributed by atoms with van der Waals surface area (Å²) in [6, 6.07) is 7.82. The number of aryl methyl sites for hydroxylation is 1. The van der Waals surface area contributed by atoms with Crippen LogP contribution in [0.2, 0.25) is 4.34 Å². The molecule has 0 saturated carbocycles. The Balaban J connectivity index is 1.79. The van der Waals surface area contributed by atoms with Gasteiger partial charge in [-0.3, -0.25) is 4.79 Å². The van der Waals surface area contributed by atoms with E-state index in [1.54, 1.807) is 23.3 Å². The lowest BCUT2D eigenvalue weighted by atomic mass is 10.3. The van der Waals surface area contributed by atoms with Crippen LogP contribution in [0.4, 0.5) is 0 Å². The third kappa shape index (κ3) is 3.25. The minimum Gasteiger partial charge on any atom is -0.336 e. The maximum Gasteiger partial charge on any atom is 0.265 e. The Hall–Kier alpha value is -1.21. The highest BCUT2D eigenvalue weighted by Gasteiger charge is 2.20. The Morgan fingerprint density at radius 2 is 2.14 bits per heavy atom. The number of hydrogen-bond donors (Lipinski definition) is 0. The Morgan fingerprint density at radius 3 is 2.77 bits per heavy atom. The van der Waals surface area contributed by atoms with Crippen LogP contribution in [0.3, 0.4) is 0 Å². The Bertz CT molecular complexity index is 792. The lowest BCUT2D eigenvalue weighted by molar-refractivity contribution is 0.0790. The van der Waals surface area contributed by atoms with Gasteiger partial charge in [0.2, 0.25) is 0 Å². The molecule has 3 aromatic heterocycles. The van der Waals surface area contributed by atoms with Crippen molar-refractivity contribution in [2.75, 3.05) is 7.05 Å². The van der Waals surface area contributed by atoms with Gasteiger partial charge < -0.3 is 4.90 Å². The van der Waals surface area contributed by atoms with Gasteiger partial charge in [-0.1, -0.05) is 17.7 Å². The highest BCUT2D eigenvalue weighted by molar-refractivity contribution is 7.22. The van der Waals surface area contributed by atoms with E-state index in [0.29, 0.717) is 11.4 Å². The number of halogens is 1. The van der Waals surface area contributed by atoms with E-state index in [0.717, 1.165) is 24.8 Å². The van der Waals surface area contributed by atoms with E-state index in [1.165, 1.54) is 22.7 Å². The highest BCUT2D eigenvalue weighted by Crippen LogP contribution is 2.32. The maximum atomic E-state index is 12.6. The van der Waals surface area contributed by atoms with Crippen LogP contribution in [-0.4, -0.2) is 22.8 Å². The Morgan fingerprint density at radius 1 is 1.32 bits per heavy atom. The molecule has 0 aliphatic carbocycles. The number of rotatable bonds is 4. The fourth-order valence-corrected chi connectivity index (χ4v) is 5.01. The molecular weight excluding hydrogens is 356 g/mol. The van der Waals surface area contributed by atoms with E-state index in [2.05, 4.69) is 4.98 Å². The van der Waals surface area contributed by atoms with Gasteiger partial charge in [-0.05, 0) is 30.5 Å². The molecule has 7 heteroatoms. The van der Waals surface area contributed by atoms with Crippen molar-refractivity contribution in [1.82, 2.24) is 9.88 Å². The Kier molecular flexibility index (Phi) is 4.63. The number of hydrogen-bond acceptors (Lipinski definition) is 5. The molecule has 0 radical (unpaired) electrons. The van der Waals surface area contributed by atoms with Crippen molar-refractivity contribution in [3.05, 3.63) is 49.4 Å². The van der Waals surface area contributed by atoms with Gasteiger partial charge in [-0.15, -0.1) is 34.0 Å². The minimum absolute atomic E-state index is 0.00216. The van der Waals surface area contributed by atoms with Gasteiger partial charge in [0, 0.05) is 11.9 Å². The fraction of sp³-hybridized carbons (Fsp3) is 0.200. The predicted octanol–water partition coefficient (Wildman–Crippen LogP) is 5.17. The summed E-state index contributed by atoms with van der Waals surface area (Å²) in [5, 5.41) is 2.92. The van der Waals surface area contributed by atoms with Crippen molar-refractivity contribution in [3.63, 3.8) is 0 Å². The molecule has 114 valence electrons. The van der Waals surface area contributed by atoms with Gasteiger partial charge in [-0.2, -0.15) is 0 Å². The molecule has 3 rings (SSSR count). The monoisotopic (exact) mass is 368 g/mol. The van der Waals surface area contributed by atoms with Crippen molar-refractivity contribution >= 4 is 51.5 Å². The summed E-state index contributed by atoms with van der Waals surface area (Å²) in [6.45, 7) is 2.44. The minimum atomic E-state index is 0.00216. The third-order valence-electron chi connectivity index (χ3n) is 3.09. The summed E-state index contributed by atoms with van der Waals surface area (Å²) in [5.74, 6) is 0.00216. The first-order chi connectivity index (χ1) is 10.5. The second-order valence-electron chi connectivity index (χ2n) is 4.78. The standard InChI is InChI=1S/C15H13ClN2OS3/c1-9-13(22-14(17-9)11-4-3-7-20-11)15(19)18(2)8-10-5-6-12(16)21-10/h3-7H,8H2,1-2H3. The summed E-state index contributed by atoms with van der Waals surface area (Å²) < 4.78 is 0.741. The molecule has 0 spiro atoms. The van der Waals surface area contributed by atoms with Crippen LogP contribution in [-0.2, 0) is 6.54 Å². The van der Waals surface area contributed by atoms with Crippen LogP contribution < -0.4 is 0 Å². The van der Waals surface area contributed by atoms with Gasteiger partial charge >= 0.3 is 0 Å². The number of carbonyl (C=O) groups excluding carboxylic acids is 1. The molecule has 0 fully saturated rings. The normalized spacial score (nSPS) is 10.9. The first-order valence-electron chi connectivity index (χ1n) is 6.55. The quantitative estimate of drug-likeness (QED) is 0.636. The van der Waals surface area contributed by atoms with Crippen LogP contribution in [0.25, 0.3) is 9.88 Å². The molecule has 0 aliphatic heterocycles. The van der Waals surface area contributed by atoms with Crippen LogP contribution in [0.15, 0.2) is 29.6 Å². The third-order valence-corrected chi connectivity index (χ3v) is 6.49. The van der Waals surface area contributed by atoms with Crippen LogP contribution in [0, 0.1) is 6.92 Å². The molecule has 1 amide bonds. The van der Waals surface area contributed by atoms with Gasteiger partial charge in [-0.25, -0.2) is 4.98 Å². The molecule has 0 aliphatic rings. The summed E-state index contributed by atoms with van der Waals surface area (Å²) >= 11 is 10.5. The molecule has 0 atom stereocenters. The van der Waals surface area contributed by atoms with E-state index in [4.69, 9.17) is 11.6 Å². The van der Waals surface area contributed by atoms with E-state index in [9.17, 15) is 4.79 Å². The number of amides is 1. The first-order valence-corrected chi connectivity index (χ1v) is 9.44. The van der Waals surface area contributed by atoms with Crippen molar-refractivity contribution in [2.45, 2.75) is 13.5 Å². The SMILES string of the molecule is Cc1nc(-c2cccs2)sc1C(=O)N(C)Cc1ccc(Cl)s1. The lowest BCUT2D eigenvalue weighted by Gasteiger charge is -2.15. The van der Waals surface area contributed by atoms with Crippen LogP contribution >= 0.6 is 45.6 Å². The van der Waals surface area contributed by atoms with Crippen molar-refractivity contribution in [1.29, 1.82) is 0 Å². The second kappa shape index (κ2) is 6.50. The largest absolute Gasteiger partial charge is 0.336 e. The zero-order valence-corrected chi connectivity index (χ0v) is 15.2. The topological polar surface area (TPSA) is 33.2 Å². The number of aromatic nitrogens is 1. The first kappa shape index (κ1) is 15.7. The second-order valence-corrected chi connectivity index (χ2v) is 8.52. The molecule has 22 heavy (non-hydrogen) atoms. The molecule has 0 bridgehead atoms.